The van der Waals surface area contributed by atoms with E-state index in [2.05, 4.69) is 5.32 Å². The fourth-order valence-electron chi connectivity index (χ4n) is 4.14. The van der Waals surface area contributed by atoms with Gasteiger partial charge in [-0.3, -0.25) is 9.59 Å². The van der Waals surface area contributed by atoms with Crippen molar-refractivity contribution in [2.45, 2.75) is 51.5 Å². The fraction of sp³-hybridized carbons (Fsp3) is 0.619. The average molecular weight is 340 g/mol. The molecule has 1 aliphatic heterocycles. The molecule has 2 amide bonds. The van der Waals surface area contributed by atoms with Crippen LogP contribution in [-0.2, 0) is 4.79 Å². The molecule has 1 aromatic rings. The lowest BCUT2D eigenvalue weighted by atomic mass is 9.94. The Labute approximate surface area is 150 Å². The van der Waals surface area contributed by atoms with Gasteiger partial charge in [-0.05, 0) is 68.9 Å². The molecule has 4 heteroatoms. The van der Waals surface area contributed by atoms with Crippen molar-refractivity contribution in [3.05, 3.63) is 35.4 Å². The number of nitrogens with zero attached hydrogens (tertiary/aromatic N) is 1. The van der Waals surface area contributed by atoms with Crippen LogP contribution in [0.15, 0.2) is 24.3 Å². The summed E-state index contributed by atoms with van der Waals surface area (Å²) >= 11 is 0. The number of amides is 2. The number of carbonyl (C=O) groups is 2. The summed E-state index contributed by atoms with van der Waals surface area (Å²) in [4.78, 5) is 27.3. The van der Waals surface area contributed by atoms with Crippen LogP contribution in [0, 0.1) is 24.7 Å². The molecule has 1 saturated heterocycles. The van der Waals surface area contributed by atoms with Gasteiger partial charge >= 0.3 is 0 Å². The smallest absolute Gasteiger partial charge is 0.254 e. The van der Waals surface area contributed by atoms with Crippen LogP contribution in [0.1, 0.15) is 54.4 Å². The molecule has 134 valence electrons. The van der Waals surface area contributed by atoms with Crippen LogP contribution < -0.4 is 5.32 Å². The molecule has 1 N–H and O–H groups in total. The molecule has 0 aromatic heterocycles. The molecule has 0 unspecified atom stereocenters. The number of hydrogen-bond donors (Lipinski definition) is 1. The van der Waals surface area contributed by atoms with Crippen LogP contribution in [0.4, 0.5) is 0 Å². The van der Waals surface area contributed by atoms with Gasteiger partial charge in [0.15, 0.2) is 0 Å². The number of aryl methyl sites for hydroxylation is 1. The Bertz CT molecular complexity index is 644. The Balaban J connectivity index is 1.31. The summed E-state index contributed by atoms with van der Waals surface area (Å²) in [6, 6.07) is 8.17. The molecule has 1 aromatic carbocycles. The van der Waals surface area contributed by atoms with Gasteiger partial charge in [0.1, 0.15) is 0 Å². The number of rotatable bonds is 5. The Morgan fingerprint density at radius 3 is 2.16 bits per heavy atom. The second kappa shape index (κ2) is 6.81. The SMILES string of the molecule is Cc1ccccc1C(=O)N1CCC(C(=O)NC(C2CC2)C2CC2)CC1. The molecule has 0 atom stereocenters. The highest BCUT2D eigenvalue weighted by molar-refractivity contribution is 5.95. The average Bonchev–Trinajstić information content (AvgIpc) is 3.53. The minimum atomic E-state index is 0.0703. The maximum atomic E-state index is 12.7. The van der Waals surface area contributed by atoms with E-state index in [-0.39, 0.29) is 17.7 Å². The van der Waals surface area contributed by atoms with Gasteiger partial charge in [0, 0.05) is 30.6 Å². The third kappa shape index (κ3) is 3.73. The molecular weight excluding hydrogens is 312 g/mol. The second-order valence-electron chi connectivity index (χ2n) is 8.09. The number of hydrogen-bond acceptors (Lipinski definition) is 2. The lowest BCUT2D eigenvalue weighted by Gasteiger charge is -2.32. The Hall–Kier alpha value is -1.84. The first-order valence-corrected chi connectivity index (χ1v) is 9.79. The van der Waals surface area contributed by atoms with Gasteiger partial charge in [-0.2, -0.15) is 0 Å². The van der Waals surface area contributed by atoms with Crippen molar-refractivity contribution in [1.82, 2.24) is 10.2 Å². The number of likely N-dealkylation sites (tertiary alicyclic amines) is 1. The lowest BCUT2D eigenvalue weighted by Crippen LogP contribution is -2.46. The van der Waals surface area contributed by atoms with Crippen molar-refractivity contribution >= 4 is 11.8 Å². The van der Waals surface area contributed by atoms with E-state index in [0.29, 0.717) is 19.1 Å². The van der Waals surface area contributed by atoms with Crippen LogP contribution in [-0.4, -0.2) is 35.8 Å². The molecule has 0 spiro atoms. The molecular formula is C21H28N2O2. The first-order valence-electron chi connectivity index (χ1n) is 9.79. The largest absolute Gasteiger partial charge is 0.353 e. The van der Waals surface area contributed by atoms with E-state index in [1.807, 2.05) is 36.1 Å². The Kier molecular flexibility index (Phi) is 4.53. The van der Waals surface area contributed by atoms with Gasteiger partial charge in [-0.25, -0.2) is 0 Å². The highest BCUT2D eigenvalue weighted by Crippen LogP contribution is 2.44. The minimum absolute atomic E-state index is 0.0703. The van der Waals surface area contributed by atoms with E-state index in [4.69, 9.17) is 0 Å². The normalized spacial score (nSPS) is 21.4. The van der Waals surface area contributed by atoms with Gasteiger partial charge in [-0.1, -0.05) is 18.2 Å². The Morgan fingerprint density at radius 2 is 1.60 bits per heavy atom. The highest BCUT2D eigenvalue weighted by Gasteiger charge is 2.43. The summed E-state index contributed by atoms with van der Waals surface area (Å²) in [6.07, 6.45) is 6.70. The monoisotopic (exact) mass is 340 g/mol. The summed E-state index contributed by atoms with van der Waals surface area (Å²) in [7, 11) is 0. The third-order valence-corrected chi connectivity index (χ3v) is 6.10. The van der Waals surface area contributed by atoms with Crippen molar-refractivity contribution in [2.75, 3.05) is 13.1 Å². The van der Waals surface area contributed by atoms with Gasteiger partial charge in [0.05, 0.1) is 0 Å². The van der Waals surface area contributed by atoms with Gasteiger partial charge in [0.25, 0.3) is 5.91 Å². The molecule has 2 aliphatic carbocycles. The quantitative estimate of drug-likeness (QED) is 0.895. The topological polar surface area (TPSA) is 49.4 Å². The Morgan fingerprint density at radius 1 is 1.00 bits per heavy atom. The van der Waals surface area contributed by atoms with Gasteiger partial charge in [-0.15, -0.1) is 0 Å². The van der Waals surface area contributed by atoms with Gasteiger partial charge < -0.3 is 10.2 Å². The fourth-order valence-corrected chi connectivity index (χ4v) is 4.14. The summed E-state index contributed by atoms with van der Waals surface area (Å²) in [6.45, 7) is 3.34. The van der Waals surface area contributed by atoms with E-state index in [0.717, 1.165) is 35.8 Å². The molecule has 1 heterocycles. The first kappa shape index (κ1) is 16.6. The second-order valence-corrected chi connectivity index (χ2v) is 8.09. The molecule has 4 rings (SSSR count). The molecule has 25 heavy (non-hydrogen) atoms. The molecule has 4 nitrogen and oxygen atoms in total. The van der Waals surface area contributed by atoms with Crippen molar-refractivity contribution in [3.8, 4) is 0 Å². The van der Waals surface area contributed by atoms with Crippen LogP contribution in [0.3, 0.4) is 0 Å². The van der Waals surface area contributed by atoms with E-state index >= 15 is 0 Å². The number of carbonyl (C=O) groups excluding carboxylic acids is 2. The first-order chi connectivity index (χ1) is 12.1. The lowest BCUT2D eigenvalue weighted by molar-refractivity contribution is -0.127. The van der Waals surface area contributed by atoms with Crippen LogP contribution in [0.25, 0.3) is 0 Å². The summed E-state index contributed by atoms with van der Waals surface area (Å²) in [5.41, 5.74) is 1.80. The zero-order chi connectivity index (χ0) is 17.4. The zero-order valence-corrected chi connectivity index (χ0v) is 15.0. The van der Waals surface area contributed by atoms with Crippen molar-refractivity contribution in [1.29, 1.82) is 0 Å². The molecule has 3 aliphatic rings. The van der Waals surface area contributed by atoms with E-state index in [9.17, 15) is 9.59 Å². The number of piperidine rings is 1. The third-order valence-electron chi connectivity index (χ3n) is 6.10. The van der Waals surface area contributed by atoms with E-state index in [1.54, 1.807) is 0 Å². The highest BCUT2D eigenvalue weighted by atomic mass is 16.2. The van der Waals surface area contributed by atoms with Crippen molar-refractivity contribution in [3.63, 3.8) is 0 Å². The summed E-state index contributed by atoms with van der Waals surface area (Å²) in [5.74, 6) is 1.87. The number of benzene rings is 1. The molecule has 3 fully saturated rings. The van der Waals surface area contributed by atoms with Crippen LogP contribution in [0.5, 0.6) is 0 Å². The van der Waals surface area contributed by atoms with Crippen LogP contribution in [0.2, 0.25) is 0 Å². The molecule has 0 radical (unpaired) electrons. The van der Waals surface area contributed by atoms with Crippen molar-refractivity contribution in [2.24, 2.45) is 17.8 Å². The van der Waals surface area contributed by atoms with E-state index in [1.165, 1.54) is 25.7 Å². The zero-order valence-electron chi connectivity index (χ0n) is 15.0. The summed E-state index contributed by atoms with van der Waals surface area (Å²) in [5, 5.41) is 3.35. The van der Waals surface area contributed by atoms with E-state index < -0.39 is 0 Å². The predicted octanol–water partition coefficient (Wildman–Crippen LogP) is 3.15. The van der Waals surface area contributed by atoms with Crippen LogP contribution >= 0.6 is 0 Å². The standard InChI is InChI=1S/C21H28N2O2/c1-14-4-2-3-5-18(14)21(25)23-12-10-17(11-13-23)20(24)22-19(15-6-7-15)16-8-9-16/h2-5,15-17,19H,6-13H2,1H3,(H,22,24). The maximum Gasteiger partial charge on any atom is 0.254 e. The van der Waals surface area contributed by atoms with Crippen molar-refractivity contribution < 1.29 is 9.59 Å². The maximum absolute atomic E-state index is 12.7. The molecule has 0 bridgehead atoms. The molecule has 2 saturated carbocycles. The number of nitrogens with one attached hydrogen (secondary N) is 1. The van der Waals surface area contributed by atoms with Gasteiger partial charge in [0.2, 0.25) is 5.91 Å². The summed E-state index contributed by atoms with van der Waals surface area (Å²) < 4.78 is 0. The minimum Gasteiger partial charge on any atom is -0.353 e. The predicted molar refractivity (Wildman–Crippen MR) is 97.2 cm³/mol.